The molecule has 0 bridgehead atoms. The fourth-order valence-corrected chi connectivity index (χ4v) is 3.26. The van der Waals surface area contributed by atoms with Gasteiger partial charge in [-0.3, -0.25) is 9.59 Å². The van der Waals surface area contributed by atoms with Crippen molar-refractivity contribution >= 4 is 11.9 Å². The van der Waals surface area contributed by atoms with Gasteiger partial charge in [-0.05, 0) is 30.9 Å². The van der Waals surface area contributed by atoms with E-state index in [4.69, 9.17) is 4.74 Å². The van der Waals surface area contributed by atoms with E-state index in [1.165, 1.54) is 0 Å². The molecular formula is C15H17NO3. The molecule has 1 aromatic carbocycles. The van der Waals surface area contributed by atoms with E-state index in [1.807, 2.05) is 36.1 Å². The summed E-state index contributed by atoms with van der Waals surface area (Å²) in [4.78, 5) is 25.8. The van der Waals surface area contributed by atoms with Crippen LogP contribution in [-0.2, 0) is 9.53 Å². The number of fused-ring (bicyclic) bond motifs is 3. The minimum Gasteiger partial charge on any atom is -0.466 e. The van der Waals surface area contributed by atoms with Crippen molar-refractivity contribution in [2.45, 2.75) is 25.8 Å². The first-order valence-corrected chi connectivity index (χ1v) is 6.78. The standard InChI is InChI=1S/C15H17NO3/c1-2-19-13(17)9-10-7-8-16-14(10)11-5-3-4-6-12(11)15(16)18/h3-6,10,14H,2,7-9H2,1H3/t10?,14-/m0/s1. The molecule has 3 rings (SSSR count). The van der Waals surface area contributed by atoms with Gasteiger partial charge in [0.1, 0.15) is 0 Å². The molecule has 4 heteroatoms. The third kappa shape index (κ3) is 1.91. The number of amides is 1. The lowest BCUT2D eigenvalue weighted by atomic mass is 9.91. The number of carbonyl (C=O) groups excluding carboxylic acids is 2. The van der Waals surface area contributed by atoms with Crippen molar-refractivity contribution in [3.63, 3.8) is 0 Å². The third-order valence-corrected chi connectivity index (χ3v) is 4.03. The summed E-state index contributed by atoms with van der Waals surface area (Å²) in [7, 11) is 0. The number of esters is 1. The van der Waals surface area contributed by atoms with Gasteiger partial charge >= 0.3 is 5.97 Å². The van der Waals surface area contributed by atoms with Crippen LogP contribution < -0.4 is 0 Å². The Labute approximate surface area is 112 Å². The van der Waals surface area contributed by atoms with Crippen LogP contribution in [0.4, 0.5) is 0 Å². The van der Waals surface area contributed by atoms with Gasteiger partial charge in [0.25, 0.3) is 5.91 Å². The Morgan fingerprint density at radius 2 is 2.21 bits per heavy atom. The van der Waals surface area contributed by atoms with Crippen LogP contribution in [0.2, 0.25) is 0 Å². The van der Waals surface area contributed by atoms with Crippen LogP contribution >= 0.6 is 0 Å². The second-order valence-electron chi connectivity index (χ2n) is 5.09. The van der Waals surface area contributed by atoms with E-state index in [-0.39, 0.29) is 23.8 Å². The molecule has 2 aliphatic rings. The fraction of sp³-hybridized carbons (Fsp3) is 0.467. The van der Waals surface area contributed by atoms with Crippen molar-refractivity contribution in [2.75, 3.05) is 13.2 Å². The SMILES string of the molecule is CCOC(=O)CC1CCN2C(=O)c3ccccc3[C@H]12. The van der Waals surface area contributed by atoms with E-state index < -0.39 is 0 Å². The van der Waals surface area contributed by atoms with Crippen LogP contribution in [0.25, 0.3) is 0 Å². The first-order chi connectivity index (χ1) is 9.22. The highest BCUT2D eigenvalue weighted by Crippen LogP contribution is 2.45. The minimum absolute atomic E-state index is 0.0631. The van der Waals surface area contributed by atoms with Crippen molar-refractivity contribution in [1.29, 1.82) is 0 Å². The van der Waals surface area contributed by atoms with Crippen molar-refractivity contribution < 1.29 is 14.3 Å². The summed E-state index contributed by atoms with van der Waals surface area (Å²) in [6.07, 6.45) is 1.28. The average Bonchev–Trinajstić information content (AvgIpc) is 2.92. The van der Waals surface area contributed by atoms with Gasteiger partial charge in [0.15, 0.2) is 0 Å². The molecule has 2 heterocycles. The van der Waals surface area contributed by atoms with Gasteiger partial charge < -0.3 is 9.64 Å². The quantitative estimate of drug-likeness (QED) is 0.781. The molecule has 0 aromatic heterocycles. The zero-order chi connectivity index (χ0) is 13.4. The van der Waals surface area contributed by atoms with Gasteiger partial charge in [0, 0.05) is 12.1 Å². The molecule has 4 nitrogen and oxygen atoms in total. The molecule has 1 unspecified atom stereocenters. The smallest absolute Gasteiger partial charge is 0.306 e. The number of nitrogens with zero attached hydrogens (tertiary/aromatic N) is 1. The Kier molecular flexibility index (Phi) is 3.01. The number of hydrogen-bond acceptors (Lipinski definition) is 3. The third-order valence-electron chi connectivity index (χ3n) is 4.03. The Morgan fingerprint density at radius 1 is 1.42 bits per heavy atom. The summed E-state index contributed by atoms with van der Waals surface area (Å²) < 4.78 is 5.02. The Hall–Kier alpha value is -1.84. The van der Waals surface area contributed by atoms with E-state index in [9.17, 15) is 9.59 Å². The van der Waals surface area contributed by atoms with Gasteiger partial charge in [-0.15, -0.1) is 0 Å². The highest BCUT2D eigenvalue weighted by Gasteiger charge is 2.45. The van der Waals surface area contributed by atoms with Crippen LogP contribution in [0.15, 0.2) is 24.3 Å². The molecule has 0 N–H and O–H groups in total. The zero-order valence-electron chi connectivity index (χ0n) is 11.0. The van der Waals surface area contributed by atoms with Gasteiger partial charge in [0.05, 0.1) is 19.1 Å². The summed E-state index contributed by atoms with van der Waals surface area (Å²) >= 11 is 0. The van der Waals surface area contributed by atoms with Gasteiger partial charge in [-0.1, -0.05) is 18.2 Å². The maximum absolute atomic E-state index is 12.2. The molecule has 100 valence electrons. The number of benzene rings is 1. The molecule has 0 saturated carbocycles. The molecule has 0 aliphatic carbocycles. The van der Waals surface area contributed by atoms with Crippen LogP contribution in [-0.4, -0.2) is 29.9 Å². The molecule has 2 atom stereocenters. The predicted octanol–water partition coefficient (Wildman–Crippen LogP) is 2.16. The minimum atomic E-state index is -0.161. The van der Waals surface area contributed by atoms with Crippen LogP contribution in [0, 0.1) is 5.92 Å². The summed E-state index contributed by atoms with van der Waals surface area (Å²) in [6.45, 7) is 2.96. The summed E-state index contributed by atoms with van der Waals surface area (Å²) in [5.74, 6) is 0.129. The molecule has 1 amide bonds. The monoisotopic (exact) mass is 259 g/mol. The normalized spacial score (nSPS) is 24.3. The first-order valence-electron chi connectivity index (χ1n) is 6.78. The molecule has 1 aromatic rings. The van der Waals surface area contributed by atoms with E-state index in [1.54, 1.807) is 0 Å². The van der Waals surface area contributed by atoms with Crippen molar-refractivity contribution in [2.24, 2.45) is 5.92 Å². The van der Waals surface area contributed by atoms with Crippen LogP contribution in [0.3, 0.4) is 0 Å². The zero-order valence-corrected chi connectivity index (χ0v) is 11.0. The molecule has 0 spiro atoms. The maximum atomic E-state index is 12.2. The van der Waals surface area contributed by atoms with E-state index >= 15 is 0 Å². The van der Waals surface area contributed by atoms with Crippen molar-refractivity contribution in [3.8, 4) is 0 Å². The topological polar surface area (TPSA) is 46.6 Å². The second-order valence-corrected chi connectivity index (χ2v) is 5.09. The summed E-state index contributed by atoms with van der Waals surface area (Å²) in [5.41, 5.74) is 1.86. The highest BCUT2D eigenvalue weighted by atomic mass is 16.5. The van der Waals surface area contributed by atoms with Crippen LogP contribution in [0.1, 0.15) is 41.7 Å². The fourth-order valence-electron chi connectivity index (χ4n) is 3.26. The van der Waals surface area contributed by atoms with E-state index in [0.717, 1.165) is 24.1 Å². The molecule has 0 radical (unpaired) electrons. The van der Waals surface area contributed by atoms with Gasteiger partial charge in [-0.25, -0.2) is 0 Å². The second kappa shape index (κ2) is 4.68. The Balaban J connectivity index is 1.85. The average molecular weight is 259 g/mol. The maximum Gasteiger partial charge on any atom is 0.306 e. The molecule has 1 saturated heterocycles. The first kappa shape index (κ1) is 12.2. The predicted molar refractivity (Wildman–Crippen MR) is 69.6 cm³/mol. The Morgan fingerprint density at radius 3 is 3.00 bits per heavy atom. The number of rotatable bonds is 3. The highest BCUT2D eigenvalue weighted by molar-refractivity contribution is 5.99. The van der Waals surface area contributed by atoms with E-state index in [2.05, 4.69) is 0 Å². The molecule has 2 aliphatic heterocycles. The lowest BCUT2D eigenvalue weighted by Gasteiger charge is -2.20. The number of carbonyl (C=O) groups is 2. The molecule has 19 heavy (non-hydrogen) atoms. The van der Waals surface area contributed by atoms with Gasteiger partial charge in [-0.2, -0.15) is 0 Å². The Bertz CT molecular complexity index is 526. The summed E-state index contributed by atoms with van der Waals surface area (Å²) in [6, 6.07) is 7.78. The number of ether oxygens (including phenoxy) is 1. The summed E-state index contributed by atoms with van der Waals surface area (Å²) in [5, 5.41) is 0. The van der Waals surface area contributed by atoms with Crippen molar-refractivity contribution in [1.82, 2.24) is 4.90 Å². The van der Waals surface area contributed by atoms with Crippen LogP contribution in [0.5, 0.6) is 0 Å². The lowest BCUT2D eigenvalue weighted by Crippen LogP contribution is -2.24. The number of hydrogen-bond donors (Lipinski definition) is 0. The molecular weight excluding hydrogens is 242 g/mol. The molecule has 1 fully saturated rings. The van der Waals surface area contributed by atoms with E-state index in [0.29, 0.717) is 13.0 Å². The van der Waals surface area contributed by atoms with Gasteiger partial charge in [0.2, 0.25) is 0 Å². The lowest BCUT2D eigenvalue weighted by molar-refractivity contribution is -0.144. The largest absolute Gasteiger partial charge is 0.466 e. The van der Waals surface area contributed by atoms with Crippen molar-refractivity contribution in [3.05, 3.63) is 35.4 Å².